The smallest absolute Gasteiger partial charge is 0.283 e. The van der Waals surface area contributed by atoms with E-state index >= 15 is 0 Å². The van der Waals surface area contributed by atoms with E-state index in [1.54, 1.807) is 16.8 Å². The fourth-order valence-electron chi connectivity index (χ4n) is 3.16. The molecule has 4 rings (SSSR count). The Morgan fingerprint density at radius 3 is 2.17 bits per heavy atom. The maximum atomic E-state index is 12.6. The van der Waals surface area contributed by atoms with E-state index in [1.165, 1.54) is 17.7 Å². The summed E-state index contributed by atoms with van der Waals surface area (Å²) in [6.45, 7) is 2.49. The highest BCUT2D eigenvalue weighted by Gasteiger charge is 2.31. The van der Waals surface area contributed by atoms with Gasteiger partial charge in [-0.1, -0.05) is 66.2 Å². The summed E-state index contributed by atoms with van der Waals surface area (Å²) in [6.07, 6.45) is 0.873. The number of hydrazine groups is 1. The summed E-state index contributed by atoms with van der Waals surface area (Å²) < 4.78 is 32.7. The van der Waals surface area contributed by atoms with Gasteiger partial charge in [0.15, 0.2) is 6.54 Å². The van der Waals surface area contributed by atoms with E-state index in [9.17, 15) is 17.8 Å². The van der Waals surface area contributed by atoms with Crippen LogP contribution in [0.15, 0.2) is 83.8 Å². The first-order valence-electron chi connectivity index (χ1n) is 9.37. The van der Waals surface area contributed by atoms with Crippen LogP contribution in [0.5, 0.6) is 0 Å². The van der Waals surface area contributed by atoms with Crippen molar-refractivity contribution in [2.45, 2.75) is 18.2 Å². The fourth-order valence-corrected chi connectivity index (χ4v) is 3.63. The van der Waals surface area contributed by atoms with Crippen LogP contribution in [0.1, 0.15) is 27.0 Å². The highest BCUT2D eigenvalue weighted by molar-refractivity contribution is 7.85. The number of aryl methyl sites for hydroxylation is 1. The van der Waals surface area contributed by atoms with Crippen molar-refractivity contribution < 1.29 is 22.4 Å². The Bertz CT molecular complexity index is 1190. The SMILES string of the molecule is Cc1ccc(S(=O)(=O)[O-])cc1.N[N+]1=C(C(=O)c2ccccc2)c2ccccc2CC1. The number of nitrogens with two attached hydrogens (primary N) is 1. The zero-order valence-corrected chi connectivity index (χ0v) is 17.3. The molecule has 1 aliphatic rings. The van der Waals surface area contributed by atoms with Crippen LogP contribution in [-0.4, -0.2) is 35.7 Å². The number of carbonyl (C=O) groups excluding carboxylic acids is 1. The molecule has 3 aromatic rings. The number of hydrogen-bond acceptors (Lipinski definition) is 5. The first-order valence-corrected chi connectivity index (χ1v) is 10.8. The van der Waals surface area contributed by atoms with Gasteiger partial charge >= 0.3 is 0 Å². The molecule has 0 aromatic heterocycles. The van der Waals surface area contributed by atoms with Crippen LogP contribution in [0.2, 0.25) is 0 Å². The quantitative estimate of drug-likeness (QED) is 0.303. The van der Waals surface area contributed by atoms with Crippen molar-refractivity contribution in [2.75, 3.05) is 6.54 Å². The minimum Gasteiger partial charge on any atom is -0.744 e. The molecule has 3 aromatic carbocycles. The lowest BCUT2D eigenvalue weighted by atomic mass is 9.92. The molecule has 1 aliphatic heterocycles. The van der Waals surface area contributed by atoms with Gasteiger partial charge in [0.1, 0.15) is 10.1 Å². The second-order valence-corrected chi connectivity index (χ2v) is 8.29. The van der Waals surface area contributed by atoms with Gasteiger partial charge in [-0.3, -0.25) is 4.79 Å². The molecule has 7 heteroatoms. The number of hydrazone groups is 1. The molecule has 0 unspecified atom stereocenters. The summed E-state index contributed by atoms with van der Waals surface area (Å²) in [7, 11) is -4.27. The molecule has 0 saturated carbocycles. The zero-order chi connectivity index (χ0) is 21.7. The molecule has 30 heavy (non-hydrogen) atoms. The van der Waals surface area contributed by atoms with Crippen molar-refractivity contribution in [1.82, 2.24) is 0 Å². The van der Waals surface area contributed by atoms with E-state index in [1.807, 2.05) is 55.5 Å². The first kappa shape index (κ1) is 21.4. The minimum atomic E-state index is -4.27. The Kier molecular flexibility index (Phi) is 6.44. The molecule has 0 bridgehead atoms. The van der Waals surface area contributed by atoms with Crippen molar-refractivity contribution in [3.8, 4) is 0 Å². The maximum Gasteiger partial charge on any atom is 0.283 e. The fraction of sp³-hybridized carbons (Fsp3) is 0.130. The van der Waals surface area contributed by atoms with E-state index in [-0.39, 0.29) is 10.7 Å². The average Bonchev–Trinajstić information content (AvgIpc) is 2.74. The van der Waals surface area contributed by atoms with Gasteiger partial charge in [0, 0.05) is 12.0 Å². The summed E-state index contributed by atoms with van der Waals surface area (Å²) in [5, 5.41) is 0. The van der Waals surface area contributed by atoms with Crippen LogP contribution >= 0.6 is 0 Å². The van der Waals surface area contributed by atoms with Crippen LogP contribution in [0.3, 0.4) is 0 Å². The second-order valence-electron chi connectivity index (χ2n) is 6.91. The summed E-state index contributed by atoms with van der Waals surface area (Å²) in [5.41, 5.74) is 4.32. The van der Waals surface area contributed by atoms with Crippen molar-refractivity contribution in [1.29, 1.82) is 0 Å². The van der Waals surface area contributed by atoms with Gasteiger partial charge in [-0.05, 0) is 30.7 Å². The predicted octanol–water partition coefficient (Wildman–Crippen LogP) is 2.70. The first-order chi connectivity index (χ1) is 14.3. The molecule has 0 saturated heterocycles. The highest BCUT2D eigenvalue weighted by Crippen LogP contribution is 2.17. The van der Waals surface area contributed by atoms with Crippen molar-refractivity contribution >= 4 is 21.6 Å². The van der Waals surface area contributed by atoms with Gasteiger partial charge < -0.3 is 4.55 Å². The predicted molar refractivity (Wildman–Crippen MR) is 113 cm³/mol. The van der Waals surface area contributed by atoms with Crippen LogP contribution in [0.25, 0.3) is 0 Å². The maximum absolute atomic E-state index is 12.6. The number of hydrogen-bond donors (Lipinski definition) is 1. The molecule has 0 radical (unpaired) electrons. The summed E-state index contributed by atoms with van der Waals surface area (Å²) >= 11 is 0. The molecule has 154 valence electrons. The number of Topliss-reactive ketones (excluding diaryl/α,β-unsaturated/α-hetero) is 1. The van der Waals surface area contributed by atoms with Crippen molar-refractivity contribution in [3.63, 3.8) is 0 Å². The van der Waals surface area contributed by atoms with Crippen molar-refractivity contribution in [2.24, 2.45) is 5.84 Å². The molecule has 6 nitrogen and oxygen atoms in total. The average molecular weight is 423 g/mol. The topological polar surface area (TPSA) is 103 Å². The van der Waals surface area contributed by atoms with E-state index in [4.69, 9.17) is 5.84 Å². The van der Waals surface area contributed by atoms with E-state index < -0.39 is 10.1 Å². The van der Waals surface area contributed by atoms with Gasteiger partial charge in [-0.2, -0.15) is 0 Å². The van der Waals surface area contributed by atoms with Gasteiger partial charge in [-0.25, -0.2) is 14.3 Å². The lowest BCUT2D eigenvalue weighted by Crippen LogP contribution is -2.39. The van der Waals surface area contributed by atoms with E-state index in [0.717, 1.165) is 17.5 Å². The third-order valence-corrected chi connectivity index (χ3v) is 5.59. The molecule has 0 fully saturated rings. The molecule has 0 amide bonds. The van der Waals surface area contributed by atoms with Crippen LogP contribution < -0.4 is 5.84 Å². The number of ketones is 1. The summed E-state index contributed by atoms with van der Waals surface area (Å²) in [4.78, 5) is 12.4. The van der Waals surface area contributed by atoms with Gasteiger partial charge in [0.05, 0.1) is 10.5 Å². The molecular formula is C23H22N2O4S. The monoisotopic (exact) mass is 422 g/mol. The van der Waals surface area contributed by atoms with Crippen LogP contribution in [0, 0.1) is 6.92 Å². The number of benzene rings is 3. The lowest BCUT2D eigenvalue weighted by molar-refractivity contribution is -0.538. The highest BCUT2D eigenvalue weighted by atomic mass is 32.2. The molecule has 1 heterocycles. The minimum absolute atomic E-state index is 0.0183. The Hall–Kier alpha value is -3.29. The second kappa shape index (κ2) is 9.02. The molecular weight excluding hydrogens is 400 g/mol. The third-order valence-electron chi connectivity index (χ3n) is 4.74. The Morgan fingerprint density at radius 2 is 1.53 bits per heavy atom. The van der Waals surface area contributed by atoms with E-state index in [0.29, 0.717) is 17.8 Å². The summed E-state index contributed by atoms with van der Waals surface area (Å²) in [6, 6.07) is 23.0. The Morgan fingerprint density at radius 1 is 0.933 bits per heavy atom. The number of nitrogens with zero attached hydrogens (tertiary/aromatic N) is 1. The molecule has 2 N–H and O–H groups in total. The van der Waals surface area contributed by atoms with Crippen molar-refractivity contribution in [3.05, 3.63) is 101 Å². The lowest BCUT2D eigenvalue weighted by Gasteiger charge is -2.14. The standard InChI is InChI=1S/C16H14N2O.C7H8O3S/c17-18-11-10-12-6-4-5-9-14(12)15(18)16(19)13-7-2-1-3-8-13;1-6-2-4-7(5-3-6)11(8,9)10/h1-9H,10-11H2,(H-,17,19);2-5H,1H3,(H,8,9,10). The number of fused-ring (bicyclic) bond motifs is 1. The summed E-state index contributed by atoms with van der Waals surface area (Å²) in [5.74, 6) is 5.99. The van der Waals surface area contributed by atoms with Gasteiger partial charge in [-0.15, -0.1) is 4.68 Å². The number of rotatable bonds is 3. The van der Waals surface area contributed by atoms with Gasteiger partial charge in [0.2, 0.25) is 0 Å². The van der Waals surface area contributed by atoms with Gasteiger partial charge in [0.25, 0.3) is 11.5 Å². The van der Waals surface area contributed by atoms with Crippen LogP contribution in [-0.2, 0) is 16.5 Å². The Balaban J connectivity index is 0.000000199. The third kappa shape index (κ3) is 5.00. The normalized spacial score (nSPS) is 13.1. The van der Waals surface area contributed by atoms with Crippen LogP contribution in [0.4, 0.5) is 0 Å². The zero-order valence-electron chi connectivity index (χ0n) is 16.5. The van der Waals surface area contributed by atoms with E-state index in [2.05, 4.69) is 6.07 Å². The Labute approximate surface area is 176 Å². The number of carbonyl (C=O) groups is 1. The molecule has 0 atom stereocenters. The molecule has 0 aliphatic carbocycles. The molecule has 0 spiro atoms. The largest absolute Gasteiger partial charge is 0.744 e.